The number of aliphatic hydroxyl groups is 2. The average molecular weight is 1980 g/mol. The molecule has 8 aliphatic rings. The van der Waals surface area contributed by atoms with Crippen molar-refractivity contribution in [2.75, 3.05) is 101 Å². The monoisotopic (exact) mass is 1980 g/mol. The Morgan fingerprint density at radius 1 is 0.423 bits per heavy atom. The Kier molecular flexibility index (Phi) is 28.2. The minimum atomic E-state index is -5.70. The quantitative estimate of drug-likeness (QED) is 0.0811. The number of ketones is 2. The Hall–Kier alpha value is -10.5. The van der Waals surface area contributed by atoms with E-state index in [0.717, 1.165) is 46.6 Å². The van der Waals surface area contributed by atoms with Crippen molar-refractivity contribution in [2.45, 2.75) is 208 Å². The maximum Gasteiger partial charge on any atom is 0.459 e. The van der Waals surface area contributed by atoms with Crippen LogP contribution in [0.25, 0.3) is 0 Å². The van der Waals surface area contributed by atoms with Crippen molar-refractivity contribution in [1.29, 1.82) is 0 Å². The summed E-state index contributed by atoms with van der Waals surface area (Å²) in [7, 11) is 8.03. The minimum absolute atomic E-state index is 0. The topological polar surface area (TPSA) is 216 Å². The summed E-state index contributed by atoms with van der Waals surface area (Å²) in [6.07, 6.45) is -22.2. The maximum atomic E-state index is 14.8. The first kappa shape index (κ1) is 104. The van der Waals surface area contributed by atoms with Gasteiger partial charge in [-0.05, 0) is 218 Å². The number of hydrogen-bond acceptors (Lipinski definition) is 14. The number of methoxy groups -OCH3 is 2. The summed E-state index contributed by atoms with van der Waals surface area (Å²) in [5.74, 6) is -12.5. The van der Waals surface area contributed by atoms with Crippen LogP contribution < -0.4 is 14.8 Å². The van der Waals surface area contributed by atoms with E-state index in [2.05, 4.69) is 10.2 Å². The molecule has 0 unspecified atom stereocenters. The number of hydrogen-bond donors (Lipinski definition) is 3. The lowest BCUT2D eigenvalue weighted by atomic mass is 9.79. The van der Waals surface area contributed by atoms with Gasteiger partial charge in [0.25, 0.3) is 35.2 Å². The molecule has 0 bridgehead atoms. The Morgan fingerprint density at radius 2 is 0.818 bits per heavy atom. The van der Waals surface area contributed by atoms with E-state index in [4.69, 9.17) is 21.1 Å². The molecule has 4 aromatic heterocycles. The number of likely N-dealkylation sites (N-methyl/N-ethyl adjacent to an activating group) is 3. The fraction of sp³-hybridized carbons (Fsp3) is 0.511. The van der Waals surface area contributed by atoms with Crippen molar-refractivity contribution in [2.24, 2.45) is 0 Å². The molecule has 1 atom stereocenters. The molecular formula is C94H109ClF20N12O10. The molecule has 12 heterocycles. The summed E-state index contributed by atoms with van der Waals surface area (Å²) >= 11 is 6.17. The number of fused-ring (bicyclic) bond motifs is 8. The molecule has 4 fully saturated rings. The molecule has 0 radical (unpaired) electrons. The standard InChI is InChI=1S/C25H29F4N3O3.C24H27F6N3O2.C23H25ClF3N3O3.C22H22F7N3O2.3H2/c1-22(2)14-32-18(20(33)25(27,28)29)7-8-19(32)24(30-22)9-11-31(12-10-24)21(34)15-5-6-16(17(26)13-15)23(3,4)35;1-21(2,35)16-5-4-15(14-17(16)25)20(34)32-10-8-22(9-11-32)18-6-7-19(23(26,27)24(28,29)30)33(18)13-12-31(22)3;1-14-13-30-17(20(31)23(25,26)27)5-7-19(30)22(28(14)2)8-10-29(11-9-22)21(32)15-4-6-18(33-3)16(24)12-15;1-30-9-10-32-17(22(27,28)29)12-15(23)18(32)20(30)5-7-31(8-6-20)19(33)13-3-4-16(34-2)14(11-13)21(24,25)26;;;/h5-8,13,30,35H,9-12,14H2,1-4H3;4-7,14,35H,8-13H2,1-3H3;4-7,12,14H,8-11,13H2,1-3H3;3-4,11-12H,5-10H2,1-2H3;3*1H/t;;14-;;;;/m..1..../s1. The molecule has 0 aliphatic carbocycles. The van der Waals surface area contributed by atoms with Crippen molar-refractivity contribution in [1.82, 2.24) is 57.9 Å². The lowest BCUT2D eigenvalue weighted by Crippen LogP contribution is -2.63. The number of carbonyl (C=O) groups is 6. The van der Waals surface area contributed by atoms with Gasteiger partial charge >= 0.3 is 36.8 Å². The van der Waals surface area contributed by atoms with Crippen molar-refractivity contribution >= 4 is 46.8 Å². The van der Waals surface area contributed by atoms with Gasteiger partial charge in [-0.15, -0.1) is 0 Å². The largest absolute Gasteiger partial charge is 0.496 e. The van der Waals surface area contributed by atoms with Crippen molar-refractivity contribution in [3.05, 3.63) is 222 Å². The third kappa shape index (κ3) is 19.8. The highest BCUT2D eigenvalue weighted by molar-refractivity contribution is 6.32. The number of amides is 4. The van der Waals surface area contributed by atoms with E-state index in [1.165, 1.54) is 102 Å². The number of nitrogens with one attached hydrogen (secondary N) is 1. The van der Waals surface area contributed by atoms with E-state index in [9.17, 15) is 127 Å². The van der Waals surface area contributed by atoms with Gasteiger partial charge in [0.05, 0.1) is 80.9 Å². The molecule has 22 nitrogen and oxygen atoms in total. The lowest BCUT2D eigenvalue weighted by Gasteiger charge is -2.53. The van der Waals surface area contributed by atoms with Gasteiger partial charge in [-0.25, -0.2) is 13.2 Å². The van der Waals surface area contributed by atoms with Crippen LogP contribution in [0.4, 0.5) is 87.8 Å². The smallest absolute Gasteiger partial charge is 0.459 e. The molecule has 8 aliphatic heterocycles. The van der Waals surface area contributed by atoms with E-state index >= 15 is 0 Å². The molecule has 3 N–H and O–H groups in total. The summed E-state index contributed by atoms with van der Waals surface area (Å²) in [5, 5.41) is 24.0. The van der Waals surface area contributed by atoms with E-state index in [1.807, 2.05) is 32.7 Å². The third-order valence-corrected chi connectivity index (χ3v) is 28.3. The van der Waals surface area contributed by atoms with E-state index < -0.39 is 139 Å². The first-order valence-corrected chi connectivity index (χ1v) is 44.3. The van der Waals surface area contributed by atoms with Crippen molar-refractivity contribution in [3.8, 4) is 11.5 Å². The molecule has 4 spiro atoms. The van der Waals surface area contributed by atoms with Crippen LogP contribution in [0.15, 0.2) is 115 Å². The molecule has 8 aromatic rings. The number of ether oxygens (including phenoxy) is 2. The molecule has 16 rings (SSSR count). The first-order chi connectivity index (χ1) is 63.4. The number of Topliss-reactive ketones (excluding diaryl/α,β-unsaturated/α-hetero) is 2. The minimum Gasteiger partial charge on any atom is -0.496 e. The molecule has 43 heteroatoms. The molecule has 137 heavy (non-hydrogen) atoms. The molecule has 752 valence electrons. The number of piperidine rings is 4. The van der Waals surface area contributed by atoms with Gasteiger partial charge in [0.15, 0.2) is 0 Å². The zero-order valence-electron chi connectivity index (χ0n) is 76.6. The second-order valence-electron chi connectivity index (χ2n) is 37.7. The maximum absolute atomic E-state index is 14.8. The number of halogens is 21. The van der Waals surface area contributed by atoms with E-state index in [-0.39, 0.29) is 139 Å². The Morgan fingerprint density at radius 3 is 1.25 bits per heavy atom. The zero-order chi connectivity index (χ0) is 101. The number of alkyl halides is 17. The van der Waals surface area contributed by atoms with Crippen LogP contribution in [0.1, 0.15) is 217 Å². The molecule has 0 saturated carbocycles. The predicted octanol–water partition coefficient (Wildman–Crippen LogP) is 18.5. The SMILES string of the molecule is CC1(C)Cn2c(C(=O)C(F)(F)F)ccc2C2(CCN(C(=O)c3ccc(C(C)(C)O)c(F)c3)CC2)N1.CN1CCn2c(ccc2C(F)(F)C(F)(F)F)C12CCN(C(=O)c1ccc(C(C)(C)O)c(F)c1)CC2.COc1ccc(C(=O)N2CCC3(CC2)c2c(F)cc(C(F)(F)F)n2CCN3C)cc1C(F)(F)F.COc1ccc(C(=O)N2CCC3(CC2)c2ccc(C(=O)C(F)(F)F)n2C[C@@H](C)N3C)cc1Cl.[HH].[HH].[HH]. The second kappa shape index (κ2) is 37.2. The van der Waals surface area contributed by atoms with Crippen molar-refractivity contribution < 1.29 is 141 Å². The van der Waals surface area contributed by atoms with Crippen LogP contribution in [0, 0.1) is 17.5 Å². The number of benzene rings is 4. The first-order valence-electron chi connectivity index (χ1n) is 43.9. The Bertz CT molecular complexity index is 5920. The van der Waals surface area contributed by atoms with Gasteiger partial charge in [0.1, 0.15) is 34.6 Å². The number of likely N-dealkylation sites (tertiary alicyclic amines) is 4. The summed E-state index contributed by atoms with van der Waals surface area (Å²) in [6, 6.07) is 24.0. The highest BCUT2D eigenvalue weighted by Crippen LogP contribution is 2.52. The van der Waals surface area contributed by atoms with Gasteiger partial charge in [-0.3, -0.25) is 48.8 Å². The van der Waals surface area contributed by atoms with Gasteiger partial charge in [-0.1, -0.05) is 23.7 Å². The van der Waals surface area contributed by atoms with Crippen LogP contribution >= 0.6 is 11.6 Å². The van der Waals surface area contributed by atoms with Crippen LogP contribution in [-0.4, -0.2) is 229 Å². The Labute approximate surface area is 784 Å². The van der Waals surface area contributed by atoms with E-state index in [0.29, 0.717) is 111 Å². The summed E-state index contributed by atoms with van der Waals surface area (Å²) < 4.78 is 285. The summed E-state index contributed by atoms with van der Waals surface area (Å²) in [5.41, 5.74) is -8.17. The average Bonchev–Trinajstić information content (AvgIpc) is 1.53. The van der Waals surface area contributed by atoms with Crippen LogP contribution in [0.5, 0.6) is 11.5 Å². The van der Waals surface area contributed by atoms with Crippen LogP contribution in [0.2, 0.25) is 5.02 Å². The summed E-state index contributed by atoms with van der Waals surface area (Å²) in [6.45, 7) is 14.4. The second-order valence-corrected chi connectivity index (χ2v) is 38.1. The highest BCUT2D eigenvalue weighted by Gasteiger charge is 2.62. The fourth-order valence-corrected chi connectivity index (χ4v) is 21.0. The number of rotatable bonds is 11. The van der Waals surface area contributed by atoms with Gasteiger partial charge in [0, 0.05) is 164 Å². The predicted molar refractivity (Wildman–Crippen MR) is 466 cm³/mol. The number of nitrogens with zero attached hydrogens (tertiary/aromatic N) is 11. The number of aromatic nitrogens is 4. The van der Waals surface area contributed by atoms with Gasteiger partial charge in [-0.2, -0.15) is 74.6 Å². The van der Waals surface area contributed by atoms with Crippen LogP contribution in [0.3, 0.4) is 0 Å². The molecule has 4 amide bonds. The van der Waals surface area contributed by atoms with Crippen molar-refractivity contribution in [3.63, 3.8) is 0 Å². The van der Waals surface area contributed by atoms with Gasteiger partial charge in [0.2, 0.25) is 0 Å². The third-order valence-electron chi connectivity index (χ3n) is 28.0. The highest BCUT2D eigenvalue weighted by atomic mass is 35.5. The lowest BCUT2D eigenvalue weighted by molar-refractivity contribution is -0.292. The molecule has 4 saturated heterocycles. The van der Waals surface area contributed by atoms with Crippen LogP contribution in [-0.2, 0) is 77.8 Å². The normalized spacial score (nSPS) is 19.5. The zero-order valence-corrected chi connectivity index (χ0v) is 77.4. The fourth-order valence-electron chi connectivity index (χ4n) is 20.7. The van der Waals surface area contributed by atoms with E-state index in [1.54, 1.807) is 59.1 Å². The summed E-state index contributed by atoms with van der Waals surface area (Å²) in [4.78, 5) is 88.2. The van der Waals surface area contributed by atoms with Gasteiger partial charge < -0.3 is 57.6 Å². The Balaban J connectivity index is 0.000000191. The molecule has 4 aromatic carbocycles. The number of carbonyl (C=O) groups excluding carboxylic acids is 6. The molecular weight excluding hydrogens is 1870 g/mol.